The maximum Gasteiger partial charge on any atom is 0.283 e. The van der Waals surface area contributed by atoms with Crippen LogP contribution in [0.4, 0.5) is 0 Å². The van der Waals surface area contributed by atoms with E-state index in [0.29, 0.717) is 23.4 Å². The zero-order valence-electron chi connectivity index (χ0n) is 13.1. The maximum atomic E-state index is 5.84. The Balaban J connectivity index is 1.66. The molecule has 1 aromatic carbocycles. The Bertz CT molecular complexity index is 878. The summed E-state index contributed by atoms with van der Waals surface area (Å²) in [6.45, 7) is 0.918. The monoisotopic (exact) mass is 389 g/mol. The Labute approximate surface area is 147 Å². The van der Waals surface area contributed by atoms with Gasteiger partial charge in [0, 0.05) is 18.9 Å². The van der Waals surface area contributed by atoms with Crippen molar-refractivity contribution in [3.63, 3.8) is 0 Å². The minimum absolute atomic E-state index is 0.307. The van der Waals surface area contributed by atoms with Crippen molar-refractivity contribution in [1.29, 1.82) is 0 Å². The molecule has 0 atom stereocenters. The first kappa shape index (κ1) is 15.3. The van der Waals surface area contributed by atoms with Gasteiger partial charge in [0.05, 0.1) is 17.1 Å². The van der Waals surface area contributed by atoms with Gasteiger partial charge >= 0.3 is 0 Å². The first-order valence-corrected chi connectivity index (χ1v) is 8.60. The van der Waals surface area contributed by atoms with Crippen LogP contribution in [0, 0.1) is 5.92 Å². The lowest BCUT2D eigenvalue weighted by Crippen LogP contribution is -2.18. The number of methoxy groups -OCH3 is 1. The summed E-state index contributed by atoms with van der Waals surface area (Å²) in [5.74, 6) is 1.95. The van der Waals surface area contributed by atoms with Gasteiger partial charge in [-0.15, -0.1) is 5.10 Å². The molecule has 0 radical (unpaired) electrons. The van der Waals surface area contributed by atoms with E-state index in [1.54, 1.807) is 12.4 Å². The second-order valence-corrected chi connectivity index (χ2v) is 6.58. The van der Waals surface area contributed by atoms with Gasteiger partial charge in [-0.2, -0.15) is 0 Å². The molecular weight excluding hydrogens is 374 g/mol. The van der Waals surface area contributed by atoms with Crippen LogP contribution < -0.4 is 9.47 Å². The highest BCUT2D eigenvalue weighted by Crippen LogP contribution is 2.37. The predicted octanol–water partition coefficient (Wildman–Crippen LogP) is 3.58. The Morgan fingerprint density at radius 2 is 2.00 bits per heavy atom. The van der Waals surface area contributed by atoms with Gasteiger partial charge < -0.3 is 9.47 Å². The molecule has 1 fully saturated rings. The summed E-state index contributed by atoms with van der Waals surface area (Å²) >= 11 is 3.57. The minimum Gasteiger partial charge on any atom is -0.477 e. The molecule has 0 spiro atoms. The predicted molar refractivity (Wildman–Crippen MR) is 91.2 cm³/mol. The van der Waals surface area contributed by atoms with Gasteiger partial charge in [0.1, 0.15) is 11.3 Å². The number of hydrogen-bond donors (Lipinski definition) is 0. The van der Waals surface area contributed by atoms with E-state index < -0.39 is 0 Å². The van der Waals surface area contributed by atoms with E-state index in [4.69, 9.17) is 9.47 Å². The zero-order chi connectivity index (χ0) is 16.5. The largest absolute Gasteiger partial charge is 0.477 e. The van der Waals surface area contributed by atoms with E-state index >= 15 is 0 Å². The molecule has 0 unspecified atom stereocenters. The van der Waals surface area contributed by atoms with Crippen LogP contribution in [0.5, 0.6) is 17.5 Å². The summed E-state index contributed by atoms with van der Waals surface area (Å²) in [5, 5.41) is 8.58. The van der Waals surface area contributed by atoms with E-state index in [1.807, 2.05) is 16.8 Å². The van der Waals surface area contributed by atoms with Crippen LogP contribution in [-0.2, 0) is 6.54 Å². The third-order valence-corrected chi connectivity index (χ3v) is 5.05. The Morgan fingerprint density at radius 1 is 1.21 bits per heavy atom. The van der Waals surface area contributed by atoms with Crippen LogP contribution in [0.2, 0.25) is 0 Å². The summed E-state index contributed by atoms with van der Waals surface area (Å²) < 4.78 is 13.7. The van der Waals surface area contributed by atoms with Crippen LogP contribution in [0.3, 0.4) is 0 Å². The number of benzene rings is 1. The number of aromatic nitrogens is 5. The second-order valence-electron chi connectivity index (χ2n) is 5.79. The number of fused-ring (bicyclic) bond motifs is 1. The van der Waals surface area contributed by atoms with Gasteiger partial charge in [0.25, 0.3) is 11.8 Å². The molecule has 1 aliphatic carbocycles. The van der Waals surface area contributed by atoms with Crippen LogP contribution in [0.15, 0.2) is 29.0 Å². The molecule has 0 bridgehead atoms. The second kappa shape index (κ2) is 6.35. The minimum atomic E-state index is 0.307. The van der Waals surface area contributed by atoms with Crippen LogP contribution in [0.1, 0.15) is 19.3 Å². The summed E-state index contributed by atoms with van der Waals surface area (Å²) in [6.07, 6.45) is 6.97. The van der Waals surface area contributed by atoms with Gasteiger partial charge in [0.2, 0.25) is 0 Å². The average molecular weight is 390 g/mol. The van der Waals surface area contributed by atoms with E-state index in [0.717, 1.165) is 22.1 Å². The third-order valence-electron chi connectivity index (χ3n) is 4.28. The third kappa shape index (κ3) is 2.71. The van der Waals surface area contributed by atoms with Gasteiger partial charge in [0.15, 0.2) is 0 Å². The lowest BCUT2D eigenvalue weighted by atomic mass is 9.85. The number of halogens is 1. The van der Waals surface area contributed by atoms with E-state index in [2.05, 4.69) is 36.2 Å². The Morgan fingerprint density at radius 3 is 2.71 bits per heavy atom. The first-order valence-electron chi connectivity index (χ1n) is 7.81. The number of nitrogens with zero attached hydrogens (tertiary/aromatic N) is 5. The molecule has 0 saturated heterocycles. The van der Waals surface area contributed by atoms with Crippen molar-refractivity contribution in [2.75, 3.05) is 7.11 Å². The fourth-order valence-corrected chi connectivity index (χ4v) is 3.24. The van der Waals surface area contributed by atoms with Gasteiger partial charge in [-0.3, -0.25) is 0 Å². The molecular formula is C16H16BrN5O2. The fraction of sp³-hybridized carbons (Fsp3) is 0.375. The summed E-state index contributed by atoms with van der Waals surface area (Å²) in [6, 6.07) is 3.85. The lowest BCUT2D eigenvalue weighted by Gasteiger charge is -2.24. The zero-order valence-corrected chi connectivity index (χ0v) is 14.7. The highest BCUT2D eigenvalue weighted by atomic mass is 79.9. The number of hydrogen-bond acceptors (Lipinski definition) is 6. The van der Waals surface area contributed by atoms with Crippen LogP contribution in [0.25, 0.3) is 11.0 Å². The average Bonchev–Trinajstić information content (AvgIpc) is 2.98. The smallest absolute Gasteiger partial charge is 0.283 e. The standard InChI is InChI=1S/C16H16BrN5O2/c1-23-15-16(19-8-7-18-15)24-12-6-5-11-14(13(12)17)20-21-22(11)9-10-3-2-4-10/h5-8,10H,2-4,9H2,1H3. The first-order chi connectivity index (χ1) is 11.8. The summed E-state index contributed by atoms with van der Waals surface area (Å²) in [5.41, 5.74) is 1.77. The van der Waals surface area contributed by atoms with Gasteiger partial charge in [-0.25, -0.2) is 14.6 Å². The maximum absolute atomic E-state index is 5.84. The van der Waals surface area contributed by atoms with Gasteiger partial charge in [-0.05, 0) is 46.8 Å². The molecule has 2 heterocycles. The number of rotatable bonds is 5. The molecule has 0 amide bonds. The molecule has 7 nitrogen and oxygen atoms in total. The number of ether oxygens (including phenoxy) is 2. The highest BCUT2D eigenvalue weighted by molar-refractivity contribution is 9.10. The molecule has 3 aromatic rings. The molecule has 0 N–H and O–H groups in total. The molecule has 0 aliphatic heterocycles. The van der Waals surface area contributed by atoms with Crippen molar-refractivity contribution < 1.29 is 9.47 Å². The van der Waals surface area contributed by atoms with Crippen molar-refractivity contribution in [1.82, 2.24) is 25.0 Å². The molecule has 124 valence electrons. The fourth-order valence-electron chi connectivity index (χ4n) is 2.75. The lowest BCUT2D eigenvalue weighted by molar-refractivity contribution is 0.268. The van der Waals surface area contributed by atoms with Crippen molar-refractivity contribution in [3.05, 3.63) is 29.0 Å². The van der Waals surface area contributed by atoms with Gasteiger partial charge in [-0.1, -0.05) is 11.6 Å². The highest BCUT2D eigenvalue weighted by Gasteiger charge is 2.21. The van der Waals surface area contributed by atoms with E-state index in [9.17, 15) is 0 Å². The Hall–Kier alpha value is -2.22. The van der Waals surface area contributed by atoms with E-state index in [-0.39, 0.29) is 0 Å². The summed E-state index contributed by atoms with van der Waals surface area (Å²) in [7, 11) is 1.53. The van der Waals surface area contributed by atoms with Crippen LogP contribution >= 0.6 is 15.9 Å². The van der Waals surface area contributed by atoms with Crippen LogP contribution in [-0.4, -0.2) is 32.1 Å². The van der Waals surface area contributed by atoms with E-state index in [1.165, 1.54) is 26.4 Å². The topological polar surface area (TPSA) is 75.0 Å². The normalized spacial score (nSPS) is 14.6. The molecule has 4 rings (SSSR count). The molecule has 1 saturated carbocycles. The summed E-state index contributed by atoms with van der Waals surface area (Å²) in [4.78, 5) is 8.24. The Kier molecular flexibility index (Phi) is 4.05. The molecule has 8 heteroatoms. The quantitative estimate of drug-likeness (QED) is 0.663. The van der Waals surface area contributed by atoms with Crippen molar-refractivity contribution >= 4 is 27.0 Å². The van der Waals surface area contributed by atoms with Crippen molar-refractivity contribution in [3.8, 4) is 17.5 Å². The van der Waals surface area contributed by atoms with Crippen molar-refractivity contribution in [2.24, 2.45) is 5.92 Å². The molecule has 1 aliphatic rings. The molecule has 2 aromatic heterocycles. The molecule has 24 heavy (non-hydrogen) atoms. The van der Waals surface area contributed by atoms with Crippen molar-refractivity contribution in [2.45, 2.75) is 25.8 Å². The SMILES string of the molecule is COc1nccnc1Oc1ccc2c(nnn2CC2CCC2)c1Br.